The molecule has 0 bridgehead atoms. The molecule has 1 saturated heterocycles. The number of anilines is 2. The third-order valence-corrected chi connectivity index (χ3v) is 5.84. The van der Waals surface area contributed by atoms with Gasteiger partial charge in [0.25, 0.3) is 0 Å². The summed E-state index contributed by atoms with van der Waals surface area (Å²) >= 11 is 0. The molecule has 5 heteroatoms. The van der Waals surface area contributed by atoms with Gasteiger partial charge in [0.1, 0.15) is 5.75 Å². The minimum Gasteiger partial charge on any atom is -0.497 e. The zero-order valence-electron chi connectivity index (χ0n) is 18.3. The summed E-state index contributed by atoms with van der Waals surface area (Å²) in [6, 6.07) is 27.1. The number of methoxy groups -OCH3 is 1. The van der Waals surface area contributed by atoms with E-state index in [1.54, 1.807) is 7.11 Å². The number of pyridine rings is 1. The van der Waals surface area contributed by atoms with Crippen molar-refractivity contribution in [2.24, 2.45) is 0 Å². The van der Waals surface area contributed by atoms with Crippen molar-refractivity contribution in [2.75, 3.05) is 38.7 Å². The Hall–Kier alpha value is -3.41. The molecule has 1 N–H and O–H groups in total. The maximum absolute atomic E-state index is 5.45. The molecule has 3 aromatic carbocycles. The Labute approximate surface area is 188 Å². The van der Waals surface area contributed by atoms with Crippen molar-refractivity contribution in [1.82, 2.24) is 9.88 Å². The molecule has 5 nitrogen and oxygen atoms in total. The highest BCUT2D eigenvalue weighted by Gasteiger charge is 2.11. The van der Waals surface area contributed by atoms with Crippen molar-refractivity contribution in [1.29, 1.82) is 0 Å². The van der Waals surface area contributed by atoms with E-state index >= 15 is 0 Å². The molecule has 0 radical (unpaired) electrons. The van der Waals surface area contributed by atoms with Crippen LogP contribution in [0.15, 0.2) is 78.9 Å². The maximum Gasteiger partial charge on any atom is 0.118 e. The van der Waals surface area contributed by atoms with E-state index in [4.69, 9.17) is 14.5 Å². The number of hydrogen-bond donors (Lipinski definition) is 1. The molecule has 0 saturated carbocycles. The Kier molecular flexibility index (Phi) is 6.01. The number of nitrogens with zero attached hydrogens (tertiary/aromatic N) is 2. The highest BCUT2D eigenvalue weighted by Crippen LogP contribution is 2.31. The first-order valence-corrected chi connectivity index (χ1v) is 11.0. The second-order valence-electron chi connectivity index (χ2n) is 8.01. The smallest absolute Gasteiger partial charge is 0.118 e. The zero-order chi connectivity index (χ0) is 21.8. The monoisotopic (exact) mass is 425 g/mol. The molecule has 1 fully saturated rings. The van der Waals surface area contributed by atoms with Crippen LogP contribution in [0.1, 0.15) is 5.56 Å². The van der Waals surface area contributed by atoms with Gasteiger partial charge in [0.2, 0.25) is 0 Å². The van der Waals surface area contributed by atoms with E-state index in [1.807, 2.05) is 36.4 Å². The van der Waals surface area contributed by atoms with Gasteiger partial charge in [0.05, 0.1) is 37.2 Å². The second-order valence-corrected chi connectivity index (χ2v) is 8.01. The van der Waals surface area contributed by atoms with Gasteiger partial charge in [-0.1, -0.05) is 30.3 Å². The summed E-state index contributed by atoms with van der Waals surface area (Å²) in [7, 11) is 1.68. The van der Waals surface area contributed by atoms with Crippen molar-refractivity contribution in [2.45, 2.75) is 6.54 Å². The maximum atomic E-state index is 5.45. The van der Waals surface area contributed by atoms with Gasteiger partial charge in [0, 0.05) is 36.3 Å². The molecule has 1 aromatic heterocycles. The van der Waals surface area contributed by atoms with E-state index in [2.05, 4.69) is 52.7 Å². The number of rotatable bonds is 6. The predicted octanol–water partition coefficient (Wildman–Crippen LogP) is 5.49. The SMILES string of the molecule is COc1ccc(-c2cc(Nc3ccc(CN4CCOCC4)cc3)c3ccccc3n2)cc1. The Morgan fingerprint density at radius 3 is 2.44 bits per heavy atom. The number of ether oxygens (including phenoxy) is 2. The van der Waals surface area contributed by atoms with Gasteiger partial charge in [-0.2, -0.15) is 0 Å². The zero-order valence-corrected chi connectivity index (χ0v) is 18.3. The molecule has 2 heterocycles. The molecule has 0 aliphatic carbocycles. The first-order chi connectivity index (χ1) is 15.8. The third-order valence-electron chi connectivity index (χ3n) is 5.84. The number of para-hydroxylation sites is 1. The van der Waals surface area contributed by atoms with Crippen LogP contribution < -0.4 is 10.1 Å². The Balaban J connectivity index is 1.41. The largest absolute Gasteiger partial charge is 0.497 e. The van der Waals surface area contributed by atoms with Crippen LogP contribution in [-0.2, 0) is 11.3 Å². The number of aromatic nitrogens is 1. The quantitative estimate of drug-likeness (QED) is 0.443. The van der Waals surface area contributed by atoms with E-state index in [9.17, 15) is 0 Å². The van der Waals surface area contributed by atoms with Crippen LogP contribution in [0.5, 0.6) is 5.75 Å². The highest BCUT2D eigenvalue weighted by molar-refractivity contribution is 5.95. The molecule has 1 aliphatic rings. The summed E-state index contributed by atoms with van der Waals surface area (Å²) in [4.78, 5) is 7.32. The Morgan fingerprint density at radius 2 is 1.69 bits per heavy atom. The van der Waals surface area contributed by atoms with Crippen LogP contribution in [0, 0.1) is 0 Å². The van der Waals surface area contributed by atoms with Gasteiger partial charge in [0.15, 0.2) is 0 Å². The molecule has 0 spiro atoms. The van der Waals surface area contributed by atoms with E-state index in [0.717, 1.165) is 72.1 Å². The molecule has 0 amide bonds. The van der Waals surface area contributed by atoms with Crippen molar-refractivity contribution >= 4 is 22.3 Å². The number of morpholine rings is 1. The number of fused-ring (bicyclic) bond motifs is 1. The standard InChI is InChI=1S/C27H27N3O2/c1-31-23-12-8-21(9-13-23)26-18-27(24-4-2-3-5-25(24)29-26)28-22-10-6-20(7-11-22)19-30-14-16-32-17-15-30/h2-13,18H,14-17,19H2,1H3,(H,28,29). The van der Waals surface area contributed by atoms with Gasteiger partial charge in [-0.15, -0.1) is 0 Å². The summed E-state index contributed by atoms with van der Waals surface area (Å²) in [5, 5.41) is 4.71. The van der Waals surface area contributed by atoms with Crippen LogP contribution in [0.25, 0.3) is 22.2 Å². The predicted molar refractivity (Wildman–Crippen MR) is 130 cm³/mol. The van der Waals surface area contributed by atoms with E-state index in [1.165, 1.54) is 5.56 Å². The van der Waals surface area contributed by atoms with Crippen molar-refractivity contribution in [3.05, 3.63) is 84.4 Å². The molecule has 32 heavy (non-hydrogen) atoms. The summed E-state index contributed by atoms with van der Waals surface area (Å²) in [5.74, 6) is 0.838. The van der Waals surface area contributed by atoms with Crippen LogP contribution >= 0.6 is 0 Å². The van der Waals surface area contributed by atoms with Gasteiger partial charge in [-0.3, -0.25) is 4.90 Å². The lowest BCUT2D eigenvalue weighted by molar-refractivity contribution is 0.0342. The topological polar surface area (TPSA) is 46.6 Å². The molecular formula is C27H27N3O2. The Morgan fingerprint density at radius 1 is 0.938 bits per heavy atom. The first-order valence-electron chi connectivity index (χ1n) is 11.0. The van der Waals surface area contributed by atoms with Gasteiger partial charge >= 0.3 is 0 Å². The summed E-state index contributed by atoms with van der Waals surface area (Å²) in [6.45, 7) is 4.61. The van der Waals surface area contributed by atoms with Crippen LogP contribution in [-0.4, -0.2) is 43.3 Å². The minimum atomic E-state index is 0.825. The molecule has 4 aromatic rings. The lowest BCUT2D eigenvalue weighted by Gasteiger charge is -2.26. The Bertz CT molecular complexity index is 1180. The average molecular weight is 426 g/mol. The molecular weight excluding hydrogens is 398 g/mol. The molecule has 1 aliphatic heterocycles. The fourth-order valence-electron chi connectivity index (χ4n) is 4.05. The normalized spacial score (nSPS) is 14.4. The average Bonchev–Trinajstić information content (AvgIpc) is 2.86. The summed E-state index contributed by atoms with van der Waals surface area (Å²) in [6.07, 6.45) is 0. The van der Waals surface area contributed by atoms with Crippen LogP contribution in [0.3, 0.4) is 0 Å². The van der Waals surface area contributed by atoms with Crippen molar-refractivity contribution in [3.8, 4) is 17.0 Å². The molecule has 5 rings (SSSR count). The van der Waals surface area contributed by atoms with E-state index in [0.29, 0.717) is 0 Å². The first kappa shape index (κ1) is 20.5. The minimum absolute atomic E-state index is 0.825. The van der Waals surface area contributed by atoms with E-state index < -0.39 is 0 Å². The molecule has 162 valence electrons. The lowest BCUT2D eigenvalue weighted by atomic mass is 10.1. The summed E-state index contributed by atoms with van der Waals surface area (Å²) < 4.78 is 10.7. The molecule has 0 atom stereocenters. The lowest BCUT2D eigenvalue weighted by Crippen LogP contribution is -2.35. The van der Waals surface area contributed by atoms with Gasteiger partial charge in [-0.05, 0) is 54.1 Å². The van der Waals surface area contributed by atoms with Crippen molar-refractivity contribution < 1.29 is 9.47 Å². The van der Waals surface area contributed by atoms with Crippen LogP contribution in [0.2, 0.25) is 0 Å². The van der Waals surface area contributed by atoms with Gasteiger partial charge < -0.3 is 14.8 Å². The van der Waals surface area contributed by atoms with Crippen LogP contribution in [0.4, 0.5) is 11.4 Å². The number of benzene rings is 3. The number of nitrogens with one attached hydrogen (secondary N) is 1. The van der Waals surface area contributed by atoms with E-state index in [-0.39, 0.29) is 0 Å². The fourth-order valence-corrected chi connectivity index (χ4v) is 4.05. The summed E-state index contributed by atoms with van der Waals surface area (Å²) in [5.41, 5.74) is 6.37. The third kappa shape index (κ3) is 4.59. The highest BCUT2D eigenvalue weighted by atomic mass is 16.5. The number of hydrogen-bond acceptors (Lipinski definition) is 5. The fraction of sp³-hybridized carbons (Fsp3) is 0.222. The van der Waals surface area contributed by atoms with Crippen molar-refractivity contribution in [3.63, 3.8) is 0 Å². The molecule has 0 unspecified atom stereocenters. The second kappa shape index (κ2) is 9.39. The van der Waals surface area contributed by atoms with Gasteiger partial charge in [-0.25, -0.2) is 4.98 Å².